The third kappa shape index (κ3) is 3.57. The summed E-state index contributed by atoms with van der Waals surface area (Å²) in [6.07, 6.45) is 10.8. The molecule has 2 fully saturated rings. The van der Waals surface area contributed by atoms with Gasteiger partial charge in [-0.15, -0.1) is 0 Å². The van der Waals surface area contributed by atoms with E-state index in [1.54, 1.807) is 0 Å². The first-order chi connectivity index (χ1) is 14.4. The summed E-state index contributed by atoms with van der Waals surface area (Å²) in [7, 11) is 0. The molecule has 1 aliphatic heterocycles. The normalized spacial score (nSPS) is 28.1. The molecule has 3 aliphatic rings. The lowest BCUT2D eigenvalue weighted by Crippen LogP contribution is -2.59. The summed E-state index contributed by atoms with van der Waals surface area (Å²) in [6, 6.07) is 21.0. The molecule has 5 rings (SSSR count). The Morgan fingerprint density at radius 3 is 2.48 bits per heavy atom. The highest BCUT2D eigenvalue weighted by Crippen LogP contribution is 2.45. The number of para-hydroxylation sites is 2. The quantitative estimate of drug-likeness (QED) is 0.636. The van der Waals surface area contributed by atoms with E-state index >= 15 is 0 Å². The molecule has 0 unspecified atom stereocenters. The van der Waals surface area contributed by atoms with Gasteiger partial charge in [0.05, 0.1) is 17.1 Å². The van der Waals surface area contributed by atoms with Gasteiger partial charge in [-0.25, -0.2) is 0 Å². The Hall–Kier alpha value is -2.62. The lowest BCUT2D eigenvalue weighted by Gasteiger charge is -2.51. The van der Waals surface area contributed by atoms with Gasteiger partial charge in [0.2, 0.25) is 0 Å². The fourth-order valence-corrected chi connectivity index (χ4v) is 5.35. The molecule has 4 nitrogen and oxygen atoms in total. The summed E-state index contributed by atoms with van der Waals surface area (Å²) >= 11 is 0. The molecule has 0 aromatic heterocycles. The van der Waals surface area contributed by atoms with Crippen molar-refractivity contribution >= 4 is 22.8 Å². The molecule has 0 amide bonds. The Labute approximate surface area is 173 Å². The Morgan fingerprint density at radius 1 is 0.897 bits per heavy atom. The van der Waals surface area contributed by atoms with Crippen LogP contribution < -0.4 is 10.4 Å². The highest BCUT2D eigenvalue weighted by molar-refractivity contribution is 6.01. The topological polar surface area (TPSA) is 40.0 Å². The molecular formula is C25H30N4. The highest BCUT2D eigenvalue weighted by atomic mass is 15.5. The molecule has 2 saturated carbocycles. The standard InChI is InChI=1S/C25H30N4/c1-3-12-21(13-4-1)26-27-24-17-9-10-18-25(24)19-20-11-7-8-16-23(20)28-29(25)22-14-5-2-6-15-22/h1-6,12-15,20,26H,7-11,16-19H2/t20-,25+/m1/s1. The molecule has 150 valence electrons. The smallest absolute Gasteiger partial charge is 0.104 e. The van der Waals surface area contributed by atoms with E-state index in [0.29, 0.717) is 5.92 Å². The summed E-state index contributed by atoms with van der Waals surface area (Å²) < 4.78 is 0. The zero-order valence-corrected chi connectivity index (χ0v) is 17.1. The van der Waals surface area contributed by atoms with Crippen molar-refractivity contribution in [1.82, 2.24) is 0 Å². The van der Waals surface area contributed by atoms with Crippen LogP contribution in [0, 0.1) is 5.92 Å². The van der Waals surface area contributed by atoms with E-state index in [4.69, 9.17) is 10.2 Å². The van der Waals surface area contributed by atoms with Crippen molar-refractivity contribution in [3.63, 3.8) is 0 Å². The summed E-state index contributed by atoms with van der Waals surface area (Å²) in [4.78, 5) is 0. The Balaban J connectivity index is 1.56. The maximum absolute atomic E-state index is 5.30. The maximum Gasteiger partial charge on any atom is 0.104 e. The van der Waals surface area contributed by atoms with E-state index in [-0.39, 0.29) is 5.54 Å². The van der Waals surface area contributed by atoms with Crippen LogP contribution in [0.3, 0.4) is 0 Å². The van der Waals surface area contributed by atoms with Gasteiger partial charge in [-0.1, -0.05) is 49.2 Å². The lowest BCUT2D eigenvalue weighted by atomic mass is 9.69. The molecule has 1 N–H and O–H groups in total. The Kier molecular flexibility index (Phi) is 5.09. The molecule has 0 radical (unpaired) electrons. The fourth-order valence-electron chi connectivity index (χ4n) is 5.35. The van der Waals surface area contributed by atoms with Gasteiger partial charge >= 0.3 is 0 Å². The second-order valence-electron chi connectivity index (χ2n) is 8.66. The average molecular weight is 387 g/mol. The van der Waals surface area contributed by atoms with Gasteiger partial charge in [-0.2, -0.15) is 10.2 Å². The minimum atomic E-state index is -0.104. The van der Waals surface area contributed by atoms with E-state index < -0.39 is 0 Å². The number of hydrogen-bond acceptors (Lipinski definition) is 4. The Morgan fingerprint density at radius 2 is 1.66 bits per heavy atom. The fraction of sp³-hybridized carbons (Fsp3) is 0.440. The van der Waals surface area contributed by atoms with Crippen LogP contribution in [-0.2, 0) is 0 Å². The van der Waals surface area contributed by atoms with Gasteiger partial charge in [0.15, 0.2) is 0 Å². The molecule has 2 aromatic carbocycles. The minimum absolute atomic E-state index is 0.104. The van der Waals surface area contributed by atoms with Crippen molar-refractivity contribution in [2.45, 2.75) is 63.3 Å². The van der Waals surface area contributed by atoms with Crippen molar-refractivity contribution in [2.24, 2.45) is 16.1 Å². The van der Waals surface area contributed by atoms with Crippen LogP contribution in [0.1, 0.15) is 57.8 Å². The van der Waals surface area contributed by atoms with Crippen LogP contribution in [0.2, 0.25) is 0 Å². The summed E-state index contributed by atoms with van der Waals surface area (Å²) in [5.74, 6) is 0.615. The summed E-state index contributed by atoms with van der Waals surface area (Å²) in [5, 5.41) is 12.6. The van der Waals surface area contributed by atoms with Gasteiger partial charge in [-0.05, 0) is 69.2 Å². The van der Waals surface area contributed by atoms with E-state index in [9.17, 15) is 0 Å². The Bertz CT molecular complexity index is 890. The number of nitrogens with zero attached hydrogens (tertiary/aromatic N) is 3. The zero-order chi connectivity index (χ0) is 19.5. The molecule has 0 saturated heterocycles. The lowest BCUT2D eigenvalue weighted by molar-refractivity contribution is 0.323. The average Bonchev–Trinajstić information content (AvgIpc) is 2.79. The predicted molar refractivity (Wildman–Crippen MR) is 122 cm³/mol. The molecule has 0 bridgehead atoms. The van der Waals surface area contributed by atoms with Crippen LogP contribution in [-0.4, -0.2) is 17.0 Å². The van der Waals surface area contributed by atoms with E-state index in [1.165, 1.54) is 49.2 Å². The van der Waals surface area contributed by atoms with Gasteiger partial charge < -0.3 is 0 Å². The first kappa shape index (κ1) is 18.4. The van der Waals surface area contributed by atoms with Gasteiger partial charge in [0.25, 0.3) is 0 Å². The predicted octanol–water partition coefficient (Wildman–Crippen LogP) is 6.22. The third-order valence-electron chi connectivity index (χ3n) is 6.81. The molecule has 1 spiro atoms. The number of benzene rings is 2. The molecule has 2 aromatic rings. The maximum atomic E-state index is 5.30. The number of anilines is 2. The largest absolute Gasteiger partial charge is 0.278 e. The molecule has 2 atom stereocenters. The van der Waals surface area contributed by atoms with Crippen LogP contribution in [0.5, 0.6) is 0 Å². The number of fused-ring (bicyclic) bond motifs is 1. The monoisotopic (exact) mass is 386 g/mol. The summed E-state index contributed by atoms with van der Waals surface area (Å²) in [5.41, 5.74) is 8.15. The van der Waals surface area contributed by atoms with E-state index in [0.717, 1.165) is 31.4 Å². The minimum Gasteiger partial charge on any atom is -0.278 e. The molecule has 29 heavy (non-hydrogen) atoms. The van der Waals surface area contributed by atoms with Crippen molar-refractivity contribution in [3.05, 3.63) is 60.7 Å². The molecule has 1 heterocycles. The molecular weight excluding hydrogens is 356 g/mol. The second kappa shape index (κ2) is 8.02. The summed E-state index contributed by atoms with van der Waals surface area (Å²) in [6.45, 7) is 0. The van der Waals surface area contributed by atoms with Crippen LogP contribution >= 0.6 is 0 Å². The first-order valence-electron chi connectivity index (χ1n) is 11.2. The second-order valence-corrected chi connectivity index (χ2v) is 8.66. The first-order valence-corrected chi connectivity index (χ1v) is 11.2. The number of nitrogens with one attached hydrogen (secondary N) is 1. The zero-order valence-electron chi connectivity index (χ0n) is 17.1. The van der Waals surface area contributed by atoms with Crippen LogP contribution in [0.15, 0.2) is 70.9 Å². The van der Waals surface area contributed by atoms with Crippen molar-refractivity contribution in [3.8, 4) is 0 Å². The number of hydrogen-bond donors (Lipinski definition) is 1. The SMILES string of the molecule is c1ccc(NN=C2CCCC[C@]23C[C@H]2CCCCC2=NN3c2ccccc2)cc1. The van der Waals surface area contributed by atoms with E-state index in [2.05, 4.69) is 65.0 Å². The highest BCUT2D eigenvalue weighted by Gasteiger charge is 2.49. The van der Waals surface area contributed by atoms with E-state index in [1.807, 2.05) is 6.07 Å². The van der Waals surface area contributed by atoms with Crippen LogP contribution in [0.25, 0.3) is 0 Å². The van der Waals surface area contributed by atoms with Crippen molar-refractivity contribution < 1.29 is 0 Å². The van der Waals surface area contributed by atoms with Crippen molar-refractivity contribution in [2.75, 3.05) is 10.4 Å². The number of hydrazone groups is 2. The number of rotatable bonds is 3. The third-order valence-corrected chi connectivity index (χ3v) is 6.81. The van der Waals surface area contributed by atoms with Gasteiger partial charge in [-0.3, -0.25) is 10.4 Å². The van der Waals surface area contributed by atoms with Crippen LogP contribution in [0.4, 0.5) is 11.4 Å². The van der Waals surface area contributed by atoms with Crippen molar-refractivity contribution in [1.29, 1.82) is 0 Å². The van der Waals surface area contributed by atoms with Gasteiger partial charge in [0.1, 0.15) is 5.54 Å². The van der Waals surface area contributed by atoms with Gasteiger partial charge in [0, 0.05) is 11.6 Å². The molecule has 4 heteroatoms. The molecule has 2 aliphatic carbocycles.